The number of carbonyl (C=O) groups excluding carboxylic acids is 1. The van der Waals surface area contributed by atoms with Crippen LogP contribution in [0.15, 0.2) is 0 Å². The van der Waals surface area contributed by atoms with Crippen LogP contribution in [-0.4, -0.2) is 86.2 Å². The summed E-state index contributed by atoms with van der Waals surface area (Å²) in [5.74, 6) is -1.36. The molecule has 1 aliphatic rings. The van der Waals surface area contributed by atoms with E-state index in [-0.39, 0.29) is 24.0 Å². The lowest BCUT2D eigenvalue weighted by molar-refractivity contribution is -0.138. The summed E-state index contributed by atoms with van der Waals surface area (Å²) in [7, 11) is -0.143. The van der Waals surface area contributed by atoms with Gasteiger partial charge in [0, 0.05) is 20.2 Å². The molecule has 0 aromatic carbocycles. The third-order valence-electron chi connectivity index (χ3n) is 3.57. The monoisotopic (exact) mass is 322 g/mol. The molecule has 122 valence electrons. The van der Waals surface area contributed by atoms with Gasteiger partial charge in [-0.1, -0.05) is 0 Å². The molecule has 0 aromatic rings. The van der Waals surface area contributed by atoms with Gasteiger partial charge in [0.05, 0.1) is 24.2 Å². The maximum atomic E-state index is 12.4. The Labute approximate surface area is 124 Å². The Hall–Kier alpha value is -1.35. The van der Waals surface area contributed by atoms with E-state index in [1.807, 2.05) is 0 Å². The van der Waals surface area contributed by atoms with Crippen LogP contribution >= 0.6 is 0 Å². The van der Waals surface area contributed by atoms with Crippen molar-refractivity contribution in [1.29, 1.82) is 0 Å². The number of urea groups is 1. The summed E-state index contributed by atoms with van der Waals surface area (Å²) in [5.41, 5.74) is 0. The van der Waals surface area contributed by atoms with Gasteiger partial charge < -0.3 is 19.6 Å². The lowest BCUT2D eigenvalue weighted by Crippen LogP contribution is -2.52. The van der Waals surface area contributed by atoms with Crippen LogP contribution < -0.4 is 0 Å². The van der Waals surface area contributed by atoms with E-state index in [0.29, 0.717) is 6.61 Å². The van der Waals surface area contributed by atoms with Crippen molar-refractivity contribution >= 4 is 21.8 Å². The normalized spacial score (nSPS) is 21.8. The van der Waals surface area contributed by atoms with Crippen LogP contribution in [0.1, 0.15) is 13.3 Å². The van der Waals surface area contributed by atoms with Gasteiger partial charge >= 0.3 is 12.0 Å². The summed E-state index contributed by atoms with van der Waals surface area (Å²) in [6.45, 7) is 1.57. The van der Waals surface area contributed by atoms with Crippen molar-refractivity contribution in [1.82, 2.24) is 9.80 Å². The van der Waals surface area contributed by atoms with Crippen LogP contribution in [0.2, 0.25) is 0 Å². The molecule has 0 aromatic heterocycles. The molecule has 2 unspecified atom stereocenters. The summed E-state index contributed by atoms with van der Waals surface area (Å²) in [4.78, 5) is 25.9. The molecule has 1 saturated heterocycles. The molecule has 2 atom stereocenters. The van der Waals surface area contributed by atoms with E-state index in [4.69, 9.17) is 9.84 Å². The Morgan fingerprint density at radius 1 is 1.43 bits per heavy atom. The van der Waals surface area contributed by atoms with Gasteiger partial charge in [0.2, 0.25) is 0 Å². The van der Waals surface area contributed by atoms with E-state index in [2.05, 4.69) is 0 Å². The van der Waals surface area contributed by atoms with Crippen LogP contribution in [0.5, 0.6) is 0 Å². The Kier molecular flexibility index (Phi) is 5.97. The third-order valence-corrected chi connectivity index (χ3v) is 5.32. The number of amides is 2. The van der Waals surface area contributed by atoms with E-state index in [9.17, 15) is 18.0 Å². The second-order valence-electron chi connectivity index (χ2n) is 5.28. The fraction of sp³-hybridized carbons (Fsp3) is 0.833. The smallest absolute Gasteiger partial charge is 0.323 e. The largest absolute Gasteiger partial charge is 0.480 e. The predicted molar refractivity (Wildman–Crippen MR) is 75.9 cm³/mol. The molecule has 9 heteroatoms. The number of carboxylic acids is 1. The molecule has 1 aliphatic heterocycles. The molecule has 21 heavy (non-hydrogen) atoms. The zero-order valence-corrected chi connectivity index (χ0v) is 13.3. The minimum absolute atomic E-state index is 0.0155. The Morgan fingerprint density at radius 2 is 2.05 bits per heavy atom. The maximum absolute atomic E-state index is 12.4. The molecule has 1 N–H and O–H groups in total. The quantitative estimate of drug-likeness (QED) is 0.716. The van der Waals surface area contributed by atoms with Crippen molar-refractivity contribution < 1.29 is 27.9 Å². The number of hydrogen-bond donors (Lipinski definition) is 1. The number of aliphatic carboxylic acids is 1. The third kappa shape index (κ3) is 4.85. The molecule has 8 nitrogen and oxygen atoms in total. The Balaban J connectivity index is 2.87. The first-order chi connectivity index (χ1) is 9.68. The highest BCUT2D eigenvalue weighted by Crippen LogP contribution is 2.19. The molecule has 2 amide bonds. The van der Waals surface area contributed by atoms with Gasteiger partial charge in [0.25, 0.3) is 0 Å². The number of rotatable bonds is 6. The van der Waals surface area contributed by atoms with Crippen molar-refractivity contribution in [2.24, 2.45) is 0 Å². The lowest BCUT2D eigenvalue weighted by atomic mass is 10.2. The fourth-order valence-electron chi connectivity index (χ4n) is 2.26. The van der Waals surface area contributed by atoms with Gasteiger partial charge in [-0.05, 0) is 13.3 Å². The fourth-order valence-corrected chi connectivity index (χ4v) is 3.99. The zero-order chi connectivity index (χ0) is 16.2. The maximum Gasteiger partial charge on any atom is 0.323 e. The number of hydrogen-bond acceptors (Lipinski definition) is 5. The molecular weight excluding hydrogens is 300 g/mol. The summed E-state index contributed by atoms with van der Waals surface area (Å²) >= 11 is 0. The van der Waals surface area contributed by atoms with E-state index in [0.717, 1.165) is 4.90 Å². The van der Waals surface area contributed by atoms with Crippen LogP contribution in [0.3, 0.4) is 0 Å². The molecule has 0 radical (unpaired) electrons. The second kappa shape index (κ2) is 7.08. The molecule has 1 fully saturated rings. The minimum Gasteiger partial charge on any atom is -0.480 e. The van der Waals surface area contributed by atoms with Crippen LogP contribution in [0.4, 0.5) is 4.79 Å². The van der Waals surface area contributed by atoms with Gasteiger partial charge in [-0.15, -0.1) is 0 Å². The second-order valence-corrected chi connectivity index (χ2v) is 7.51. The average Bonchev–Trinajstić information content (AvgIpc) is 2.74. The van der Waals surface area contributed by atoms with Crippen LogP contribution in [-0.2, 0) is 19.4 Å². The van der Waals surface area contributed by atoms with Crippen LogP contribution in [0, 0.1) is 0 Å². The number of sulfone groups is 1. The Morgan fingerprint density at radius 3 is 2.48 bits per heavy atom. The van der Waals surface area contributed by atoms with Crippen molar-refractivity contribution in [3.8, 4) is 0 Å². The molecule has 0 aliphatic carbocycles. The highest BCUT2D eigenvalue weighted by atomic mass is 32.2. The van der Waals surface area contributed by atoms with Gasteiger partial charge in [-0.3, -0.25) is 4.79 Å². The highest BCUT2D eigenvalue weighted by Gasteiger charge is 2.37. The molecule has 0 spiro atoms. The van der Waals surface area contributed by atoms with E-state index >= 15 is 0 Å². The first kappa shape index (κ1) is 17.7. The summed E-state index contributed by atoms with van der Waals surface area (Å²) in [6, 6.07) is -1.32. The topological polar surface area (TPSA) is 104 Å². The van der Waals surface area contributed by atoms with Gasteiger partial charge in [0.1, 0.15) is 6.54 Å². The number of carboxylic acid groups (broad SMARTS) is 1. The number of ether oxygens (including phenoxy) is 1. The van der Waals surface area contributed by atoms with E-state index in [1.165, 1.54) is 12.0 Å². The summed E-state index contributed by atoms with van der Waals surface area (Å²) in [6.07, 6.45) is 0.272. The zero-order valence-electron chi connectivity index (χ0n) is 12.5. The summed E-state index contributed by atoms with van der Waals surface area (Å²) < 4.78 is 28.1. The molecule has 0 bridgehead atoms. The van der Waals surface area contributed by atoms with Crippen molar-refractivity contribution in [3.63, 3.8) is 0 Å². The minimum atomic E-state index is -3.20. The predicted octanol–water partition coefficient (Wildman–Crippen LogP) is -0.353. The molecule has 0 saturated carbocycles. The number of nitrogens with zero attached hydrogens (tertiary/aromatic N) is 2. The lowest BCUT2D eigenvalue weighted by Gasteiger charge is -2.33. The SMILES string of the molecule is COCC(C)N(C)C(=O)N(CC(=O)O)C1CCS(=O)(=O)C1. The number of methoxy groups -OCH3 is 1. The Bertz CT molecular complexity index is 492. The van der Waals surface area contributed by atoms with Crippen LogP contribution in [0.25, 0.3) is 0 Å². The molecular formula is C12H22N2O6S. The van der Waals surface area contributed by atoms with Gasteiger partial charge in [-0.25, -0.2) is 13.2 Å². The first-order valence-corrected chi connectivity index (χ1v) is 8.44. The summed E-state index contributed by atoms with van der Waals surface area (Å²) in [5, 5.41) is 8.96. The van der Waals surface area contributed by atoms with Gasteiger partial charge in [0.15, 0.2) is 9.84 Å². The van der Waals surface area contributed by atoms with Gasteiger partial charge in [-0.2, -0.15) is 0 Å². The number of likely N-dealkylation sites (N-methyl/N-ethyl adjacent to an activating group) is 1. The van der Waals surface area contributed by atoms with Crippen molar-refractivity contribution in [3.05, 3.63) is 0 Å². The molecule has 1 rings (SSSR count). The van der Waals surface area contributed by atoms with E-state index in [1.54, 1.807) is 14.0 Å². The first-order valence-electron chi connectivity index (χ1n) is 6.62. The standard InChI is InChI=1S/C12H22N2O6S/c1-9(7-20-3)13(2)12(17)14(6-11(15)16)10-4-5-21(18,19)8-10/h9-10H,4-8H2,1-3H3,(H,15,16). The number of carbonyl (C=O) groups is 2. The molecule has 1 heterocycles. The van der Waals surface area contributed by atoms with Crippen molar-refractivity contribution in [2.75, 3.05) is 38.8 Å². The van der Waals surface area contributed by atoms with E-state index < -0.39 is 34.4 Å². The highest BCUT2D eigenvalue weighted by molar-refractivity contribution is 7.91. The average molecular weight is 322 g/mol. The van der Waals surface area contributed by atoms with Crippen molar-refractivity contribution in [2.45, 2.75) is 25.4 Å².